The number of benzene rings is 2. The average Bonchev–Trinajstić information content (AvgIpc) is 3.25. The Bertz CT molecular complexity index is 952. The van der Waals surface area contributed by atoms with E-state index in [-0.39, 0.29) is 23.3 Å². The highest BCUT2D eigenvalue weighted by molar-refractivity contribution is 7.15. The van der Waals surface area contributed by atoms with Crippen molar-refractivity contribution in [3.8, 4) is 11.5 Å². The number of phenols is 2. The monoisotopic (exact) mass is 438 g/mol. The van der Waals surface area contributed by atoms with Gasteiger partial charge in [-0.15, -0.1) is 11.3 Å². The van der Waals surface area contributed by atoms with Crippen molar-refractivity contribution >= 4 is 23.2 Å². The molecule has 0 saturated heterocycles. The first-order valence-corrected chi connectivity index (χ1v) is 11.0. The first-order chi connectivity index (χ1) is 15.0. The third-order valence-electron chi connectivity index (χ3n) is 4.73. The predicted molar refractivity (Wildman–Crippen MR) is 122 cm³/mol. The summed E-state index contributed by atoms with van der Waals surface area (Å²) in [6.07, 6.45) is 3.03. The zero-order valence-corrected chi connectivity index (χ0v) is 18.0. The molecule has 2 amide bonds. The fraction of sp³-hybridized carbons (Fsp3) is 0.250. The SMILES string of the molecule is O=C(NCCCc1cccc(O)c1)c1ccc(C(=O)NCCCc2cccc(O)c2)s1. The van der Waals surface area contributed by atoms with Gasteiger partial charge in [0, 0.05) is 13.1 Å². The smallest absolute Gasteiger partial charge is 0.261 e. The molecule has 4 N–H and O–H groups in total. The highest BCUT2D eigenvalue weighted by atomic mass is 32.1. The van der Waals surface area contributed by atoms with E-state index in [1.54, 1.807) is 48.5 Å². The number of thiophene rings is 1. The van der Waals surface area contributed by atoms with Crippen LogP contribution < -0.4 is 10.6 Å². The molecule has 3 aromatic rings. The van der Waals surface area contributed by atoms with E-state index < -0.39 is 0 Å². The molecule has 2 aromatic carbocycles. The Hall–Kier alpha value is -3.32. The molecule has 7 heteroatoms. The lowest BCUT2D eigenvalue weighted by Crippen LogP contribution is -2.24. The lowest BCUT2D eigenvalue weighted by atomic mass is 10.1. The van der Waals surface area contributed by atoms with Crippen molar-refractivity contribution in [1.29, 1.82) is 0 Å². The minimum absolute atomic E-state index is 0.191. The van der Waals surface area contributed by atoms with Gasteiger partial charge in [-0.3, -0.25) is 9.59 Å². The van der Waals surface area contributed by atoms with Crippen LogP contribution in [0, 0.1) is 0 Å². The molecular weight excluding hydrogens is 412 g/mol. The molecule has 0 aliphatic carbocycles. The third kappa shape index (κ3) is 7.15. The summed E-state index contributed by atoms with van der Waals surface area (Å²) in [4.78, 5) is 25.6. The van der Waals surface area contributed by atoms with Gasteiger partial charge in [0.1, 0.15) is 11.5 Å². The molecule has 1 heterocycles. The Morgan fingerprint density at radius 3 is 1.58 bits per heavy atom. The normalized spacial score (nSPS) is 10.6. The number of hydrogen-bond acceptors (Lipinski definition) is 5. The second-order valence-electron chi connectivity index (χ2n) is 7.22. The summed E-state index contributed by atoms with van der Waals surface area (Å²) in [5.74, 6) is 0.100. The van der Waals surface area contributed by atoms with Crippen molar-refractivity contribution < 1.29 is 19.8 Å². The van der Waals surface area contributed by atoms with Crippen LogP contribution in [0.5, 0.6) is 11.5 Å². The van der Waals surface area contributed by atoms with Crippen molar-refractivity contribution in [2.45, 2.75) is 25.7 Å². The molecule has 0 aliphatic heterocycles. The molecule has 1 aromatic heterocycles. The number of rotatable bonds is 10. The minimum Gasteiger partial charge on any atom is -0.508 e. The van der Waals surface area contributed by atoms with E-state index in [4.69, 9.17) is 0 Å². The average molecular weight is 439 g/mol. The maximum absolute atomic E-state index is 12.3. The number of carbonyl (C=O) groups is 2. The first kappa shape index (κ1) is 22.4. The van der Waals surface area contributed by atoms with Gasteiger partial charge < -0.3 is 20.8 Å². The van der Waals surface area contributed by atoms with Crippen LogP contribution in [0.15, 0.2) is 60.7 Å². The van der Waals surface area contributed by atoms with Crippen molar-refractivity contribution in [3.05, 3.63) is 81.5 Å². The van der Waals surface area contributed by atoms with Gasteiger partial charge in [0.2, 0.25) is 0 Å². The highest BCUT2D eigenvalue weighted by Gasteiger charge is 2.13. The number of phenolic OH excluding ortho intramolecular Hbond substituents is 2. The van der Waals surface area contributed by atoms with Crippen molar-refractivity contribution in [2.24, 2.45) is 0 Å². The van der Waals surface area contributed by atoms with Crippen LogP contribution in [0.4, 0.5) is 0 Å². The van der Waals surface area contributed by atoms with Crippen molar-refractivity contribution in [2.75, 3.05) is 13.1 Å². The van der Waals surface area contributed by atoms with Crippen molar-refractivity contribution in [3.63, 3.8) is 0 Å². The Morgan fingerprint density at radius 2 is 1.16 bits per heavy atom. The fourth-order valence-corrected chi connectivity index (χ4v) is 4.01. The Morgan fingerprint density at radius 1 is 0.710 bits per heavy atom. The Labute approximate surface area is 185 Å². The molecule has 0 atom stereocenters. The van der Waals surface area contributed by atoms with E-state index >= 15 is 0 Å². The number of aromatic hydroxyl groups is 2. The lowest BCUT2D eigenvalue weighted by molar-refractivity contribution is 0.0950. The summed E-state index contributed by atoms with van der Waals surface area (Å²) in [7, 11) is 0. The summed E-state index contributed by atoms with van der Waals surface area (Å²) < 4.78 is 0. The fourth-order valence-electron chi connectivity index (χ4n) is 3.17. The number of amides is 2. The van der Waals surface area contributed by atoms with Gasteiger partial charge in [0.05, 0.1) is 9.75 Å². The molecule has 0 bridgehead atoms. The third-order valence-corrected chi connectivity index (χ3v) is 5.81. The van der Waals surface area contributed by atoms with Crippen molar-refractivity contribution in [1.82, 2.24) is 10.6 Å². The summed E-state index contributed by atoms with van der Waals surface area (Å²) >= 11 is 1.17. The van der Waals surface area contributed by atoms with Gasteiger partial charge in [-0.25, -0.2) is 0 Å². The van der Waals surface area contributed by atoms with Crippen LogP contribution >= 0.6 is 11.3 Å². The molecule has 3 rings (SSSR count). The molecule has 0 unspecified atom stereocenters. The van der Waals surface area contributed by atoms with Crippen LogP contribution in [0.2, 0.25) is 0 Å². The van der Waals surface area contributed by atoms with Crippen LogP contribution in [0.25, 0.3) is 0 Å². The zero-order chi connectivity index (χ0) is 22.1. The van der Waals surface area contributed by atoms with E-state index in [1.165, 1.54) is 11.3 Å². The van der Waals surface area contributed by atoms with E-state index in [2.05, 4.69) is 10.6 Å². The molecule has 0 saturated carbocycles. The van der Waals surface area contributed by atoms with Gasteiger partial charge in [0.15, 0.2) is 0 Å². The quantitative estimate of drug-likeness (QED) is 0.361. The van der Waals surface area contributed by atoms with Crippen LogP contribution in [0.3, 0.4) is 0 Å². The summed E-state index contributed by atoms with van der Waals surface area (Å²) in [5, 5.41) is 24.7. The van der Waals surface area contributed by atoms with Crippen LogP contribution in [0.1, 0.15) is 43.3 Å². The maximum Gasteiger partial charge on any atom is 0.261 e. The molecule has 0 fully saturated rings. The molecule has 0 spiro atoms. The molecule has 6 nitrogen and oxygen atoms in total. The summed E-state index contributed by atoms with van der Waals surface area (Å²) in [6.45, 7) is 1.03. The van der Waals surface area contributed by atoms with Crippen LogP contribution in [-0.2, 0) is 12.8 Å². The molecule has 31 heavy (non-hydrogen) atoms. The summed E-state index contributed by atoms with van der Waals surface area (Å²) in [6, 6.07) is 17.5. The number of aryl methyl sites for hydroxylation is 2. The van der Waals surface area contributed by atoms with Crippen LogP contribution in [-0.4, -0.2) is 35.1 Å². The molecule has 162 valence electrons. The topological polar surface area (TPSA) is 98.7 Å². The highest BCUT2D eigenvalue weighted by Crippen LogP contribution is 2.17. The van der Waals surface area contributed by atoms with Gasteiger partial charge in [0.25, 0.3) is 11.8 Å². The molecule has 0 aliphatic rings. The van der Waals surface area contributed by atoms with Gasteiger partial charge in [-0.05, 0) is 73.2 Å². The first-order valence-electron chi connectivity index (χ1n) is 10.2. The lowest BCUT2D eigenvalue weighted by Gasteiger charge is -2.05. The molecular formula is C24H26N2O4S. The van der Waals surface area contributed by atoms with E-state index in [0.717, 1.165) is 36.8 Å². The predicted octanol–water partition coefficient (Wildman–Crippen LogP) is 3.88. The second kappa shape index (κ2) is 11.2. The number of carbonyl (C=O) groups excluding carboxylic acids is 2. The van der Waals surface area contributed by atoms with Gasteiger partial charge in [-0.2, -0.15) is 0 Å². The van der Waals surface area contributed by atoms with E-state index in [9.17, 15) is 19.8 Å². The minimum atomic E-state index is -0.191. The second-order valence-corrected chi connectivity index (χ2v) is 8.31. The largest absolute Gasteiger partial charge is 0.508 e. The molecule has 0 radical (unpaired) electrons. The van der Waals surface area contributed by atoms with Gasteiger partial charge >= 0.3 is 0 Å². The summed E-state index contributed by atoms with van der Waals surface area (Å²) in [5.41, 5.74) is 2.04. The standard InChI is InChI=1S/C24H26N2O4S/c27-19-9-1-5-17(15-19)7-3-13-25-23(29)21-11-12-22(31-21)24(30)26-14-4-8-18-6-2-10-20(28)16-18/h1-2,5-6,9-12,15-16,27-28H,3-4,7-8,13-14H2,(H,25,29)(H,26,30). The van der Waals surface area contributed by atoms with Gasteiger partial charge in [-0.1, -0.05) is 24.3 Å². The zero-order valence-electron chi connectivity index (χ0n) is 17.1. The Balaban J connectivity index is 1.37. The van der Waals surface area contributed by atoms with E-state index in [0.29, 0.717) is 22.8 Å². The Kier molecular flexibility index (Phi) is 8.06. The number of nitrogens with one attached hydrogen (secondary N) is 2. The number of hydrogen-bond donors (Lipinski definition) is 4. The maximum atomic E-state index is 12.3. The van der Waals surface area contributed by atoms with E-state index in [1.807, 2.05) is 12.1 Å².